The molecule has 0 aliphatic rings. The molecule has 0 unspecified atom stereocenters. The lowest BCUT2D eigenvalue weighted by atomic mass is 10.1. The van der Waals surface area contributed by atoms with Crippen LogP contribution < -0.4 is 11.5 Å². The van der Waals surface area contributed by atoms with Crippen LogP contribution in [0.15, 0.2) is 18.3 Å². The van der Waals surface area contributed by atoms with Crippen LogP contribution in [0.2, 0.25) is 0 Å². The number of pyridine rings is 1. The zero-order chi connectivity index (χ0) is 11.4. The lowest BCUT2D eigenvalue weighted by Crippen LogP contribution is -2.33. The number of carboxylic acids is 1. The van der Waals surface area contributed by atoms with Gasteiger partial charge in [-0.25, -0.2) is 0 Å². The number of amides is 1. The number of nitrogens with zero attached hydrogens (tertiary/aromatic N) is 1. The molecule has 0 aliphatic carbocycles. The molecule has 5 N–H and O–H groups in total. The summed E-state index contributed by atoms with van der Waals surface area (Å²) in [5.74, 6) is -1.79. The third kappa shape index (κ3) is 2.75. The first-order chi connectivity index (χ1) is 7.02. The molecule has 1 aromatic heterocycles. The topological polar surface area (TPSA) is 119 Å². The van der Waals surface area contributed by atoms with Crippen molar-refractivity contribution in [1.82, 2.24) is 4.98 Å². The van der Waals surface area contributed by atoms with Gasteiger partial charge in [0.2, 0.25) is 0 Å². The smallest absolute Gasteiger partial charge is 0.320 e. The van der Waals surface area contributed by atoms with Crippen molar-refractivity contribution >= 4 is 11.9 Å². The molecule has 0 radical (unpaired) electrons. The van der Waals surface area contributed by atoms with Crippen LogP contribution in [-0.2, 0) is 11.2 Å². The summed E-state index contributed by atoms with van der Waals surface area (Å²) in [6, 6.07) is 1.95. The van der Waals surface area contributed by atoms with Crippen LogP contribution in [0.3, 0.4) is 0 Å². The number of primary amides is 1. The van der Waals surface area contributed by atoms with Crippen molar-refractivity contribution in [2.24, 2.45) is 11.5 Å². The Kier molecular flexibility index (Phi) is 3.35. The van der Waals surface area contributed by atoms with Crippen molar-refractivity contribution in [2.75, 3.05) is 0 Å². The van der Waals surface area contributed by atoms with E-state index in [9.17, 15) is 9.59 Å². The van der Waals surface area contributed by atoms with E-state index in [1.807, 2.05) is 0 Å². The molecule has 0 spiro atoms. The van der Waals surface area contributed by atoms with Crippen LogP contribution in [0, 0.1) is 0 Å². The van der Waals surface area contributed by atoms with Crippen molar-refractivity contribution in [1.29, 1.82) is 0 Å². The lowest BCUT2D eigenvalue weighted by Gasteiger charge is -2.08. The highest BCUT2D eigenvalue weighted by atomic mass is 16.4. The molecule has 1 rings (SSSR count). The van der Waals surface area contributed by atoms with Crippen molar-refractivity contribution < 1.29 is 14.7 Å². The zero-order valence-electron chi connectivity index (χ0n) is 7.88. The number of rotatable bonds is 4. The first-order valence-corrected chi connectivity index (χ1v) is 4.24. The van der Waals surface area contributed by atoms with E-state index < -0.39 is 17.9 Å². The summed E-state index contributed by atoms with van der Waals surface area (Å²) in [6.07, 6.45) is 1.44. The van der Waals surface area contributed by atoms with Gasteiger partial charge in [0, 0.05) is 12.6 Å². The quantitative estimate of drug-likeness (QED) is 0.595. The first-order valence-electron chi connectivity index (χ1n) is 4.24. The average Bonchev–Trinajstić information content (AvgIpc) is 2.18. The Labute approximate surface area is 85.9 Å². The monoisotopic (exact) mass is 209 g/mol. The summed E-state index contributed by atoms with van der Waals surface area (Å²) < 4.78 is 0. The number of aromatic nitrogens is 1. The van der Waals surface area contributed by atoms with Gasteiger partial charge in [0.05, 0.1) is 11.3 Å². The maximum atomic E-state index is 11.0. The largest absolute Gasteiger partial charge is 0.480 e. The molecule has 0 aromatic carbocycles. The van der Waals surface area contributed by atoms with Crippen LogP contribution in [0.1, 0.15) is 16.1 Å². The SMILES string of the molecule is NC(=O)c1cccnc1C[C@H](N)C(=O)O. The first kappa shape index (κ1) is 11.1. The second kappa shape index (κ2) is 4.52. The van der Waals surface area contributed by atoms with Gasteiger partial charge in [-0.1, -0.05) is 0 Å². The fraction of sp³-hybridized carbons (Fsp3) is 0.222. The molecule has 1 atom stereocenters. The number of carbonyl (C=O) groups excluding carboxylic acids is 1. The normalized spacial score (nSPS) is 12.1. The maximum Gasteiger partial charge on any atom is 0.320 e. The van der Waals surface area contributed by atoms with E-state index in [1.54, 1.807) is 6.07 Å². The molecular weight excluding hydrogens is 198 g/mol. The third-order valence-corrected chi connectivity index (χ3v) is 1.89. The van der Waals surface area contributed by atoms with Gasteiger partial charge >= 0.3 is 5.97 Å². The molecule has 6 nitrogen and oxygen atoms in total. The standard InChI is InChI=1S/C9H11N3O3/c10-6(9(14)15)4-7-5(8(11)13)2-1-3-12-7/h1-3,6H,4,10H2,(H2,11,13)(H,14,15)/t6-/m0/s1. The van der Waals surface area contributed by atoms with Gasteiger partial charge < -0.3 is 16.6 Å². The Balaban J connectivity index is 2.94. The molecule has 0 aliphatic heterocycles. The summed E-state index contributed by atoms with van der Waals surface area (Å²) in [7, 11) is 0. The highest BCUT2D eigenvalue weighted by Gasteiger charge is 2.17. The lowest BCUT2D eigenvalue weighted by molar-refractivity contribution is -0.138. The minimum absolute atomic E-state index is 0.0194. The number of nitrogens with two attached hydrogens (primary N) is 2. The average molecular weight is 209 g/mol. The Morgan fingerprint density at radius 3 is 2.73 bits per heavy atom. The highest BCUT2D eigenvalue weighted by molar-refractivity contribution is 5.94. The molecular formula is C9H11N3O3. The number of carbonyl (C=O) groups is 2. The summed E-state index contributed by atoms with van der Waals surface area (Å²) in [4.78, 5) is 25.4. The predicted molar refractivity (Wildman–Crippen MR) is 52.1 cm³/mol. The maximum absolute atomic E-state index is 11.0. The van der Waals surface area contributed by atoms with E-state index in [2.05, 4.69) is 4.98 Å². The summed E-state index contributed by atoms with van der Waals surface area (Å²) in [5, 5.41) is 8.60. The summed E-state index contributed by atoms with van der Waals surface area (Å²) in [6.45, 7) is 0. The van der Waals surface area contributed by atoms with Gasteiger partial charge in [-0.2, -0.15) is 0 Å². The van der Waals surface area contributed by atoms with Crippen LogP contribution in [0.5, 0.6) is 0 Å². The van der Waals surface area contributed by atoms with E-state index >= 15 is 0 Å². The van der Waals surface area contributed by atoms with Gasteiger partial charge in [0.15, 0.2) is 0 Å². The van der Waals surface area contributed by atoms with E-state index in [4.69, 9.17) is 16.6 Å². The predicted octanol–water partition coefficient (Wildman–Crippen LogP) is -0.865. The van der Waals surface area contributed by atoms with Crippen molar-refractivity contribution in [3.8, 4) is 0 Å². The molecule has 6 heteroatoms. The van der Waals surface area contributed by atoms with Crippen LogP contribution in [0.25, 0.3) is 0 Å². The van der Waals surface area contributed by atoms with E-state index in [-0.39, 0.29) is 12.0 Å². The minimum atomic E-state index is -1.14. The molecule has 80 valence electrons. The van der Waals surface area contributed by atoms with Gasteiger partial charge in [0.1, 0.15) is 6.04 Å². The molecule has 1 amide bonds. The number of aliphatic carboxylic acids is 1. The molecule has 0 saturated carbocycles. The molecule has 1 aromatic rings. The van der Waals surface area contributed by atoms with Crippen LogP contribution in [-0.4, -0.2) is 28.0 Å². The van der Waals surface area contributed by atoms with Crippen molar-refractivity contribution in [3.63, 3.8) is 0 Å². The van der Waals surface area contributed by atoms with Crippen molar-refractivity contribution in [2.45, 2.75) is 12.5 Å². The third-order valence-electron chi connectivity index (χ3n) is 1.89. The van der Waals surface area contributed by atoms with Gasteiger partial charge in [0.25, 0.3) is 5.91 Å². The summed E-state index contributed by atoms with van der Waals surface area (Å²) >= 11 is 0. The molecule has 1 heterocycles. The Morgan fingerprint density at radius 2 is 2.20 bits per heavy atom. The Morgan fingerprint density at radius 1 is 1.53 bits per heavy atom. The second-order valence-corrected chi connectivity index (χ2v) is 3.01. The molecule has 0 fully saturated rings. The fourth-order valence-electron chi connectivity index (χ4n) is 1.12. The van der Waals surface area contributed by atoms with E-state index in [0.717, 1.165) is 0 Å². The fourth-order valence-corrected chi connectivity index (χ4v) is 1.12. The molecule has 15 heavy (non-hydrogen) atoms. The van der Waals surface area contributed by atoms with Gasteiger partial charge in [-0.3, -0.25) is 14.6 Å². The Bertz CT molecular complexity index is 392. The number of hydrogen-bond acceptors (Lipinski definition) is 4. The van der Waals surface area contributed by atoms with Crippen LogP contribution in [0.4, 0.5) is 0 Å². The Hall–Kier alpha value is -1.95. The van der Waals surface area contributed by atoms with Crippen LogP contribution >= 0.6 is 0 Å². The molecule has 0 bridgehead atoms. The van der Waals surface area contributed by atoms with Gasteiger partial charge in [-0.05, 0) is 12.1 Å². The summed E-state index contributed by atoms with van der Waals surface area (Å²) in [5.41, 5.74) is 10.9. The minimum Gasteiger partial charge on any atom is -0.480 e. The van der Waals surface area contributed by atoms with E-state index in [1.165, 1.54) is 12.3 Å². The zero-order valence-corrected chi connectivity index (χ0v) is 7.88. The highest BCUT2D eigenvalue weighted by Crippen LogP contribution is 2.06. The molecule has 0 saturated heterocycles. The second-order valence-electron chi connectivity index (χ2n) is 3.01. The van der Waals surface area contributed by atoms with Crippen molar-refractivity contribution in [3.05, 3.63) is 29.6 Å². The van der Waals surface area contributed by atoms with Gasteiger partial charge in [-0.15, -0.1) is 0 Å². The van der Waals surface area contributed by atoms with E-state index in [0.29, 0.717) is 5.69 Å². The number of hydrogen-bond donors (Lipinski definition) is 3. The number of carboxylic acid groups (broad SMARTS) is 1.